The van der Waals surface area contributed by atoms with Gasteiger partial charge < -0.3 is 18.7 Å². The van der Waals surface area contributed by atoms with Crippen molar-refractivity contribution < 1.29 is 51.4 Å². The summed E-state index contributed by atoms with van der Waals surface area (Å²) in [7, 11) is -4.31. The average Bonchev–Trinajstić information content (AvgIpc) is 3.07. The molecule has 2 saturated heterocycles. The van der Waals surface area contributed by atoms with Gasteiger partial charge in [-0.3, -0.25) is 28.6 Å². The van der Waals surface area contributed by atoms with Gasteiger partial charge in [0, 0.05) is 6.20 Å². The van der Waals surface area contributed by atoms with Gasteiger partial charge in [-0.15, -0.1) is 0 Å². The van der Waals surface area contributed by atoms with E-state index in [0.717, 1.165) is 24.1 Å². The summed E-state index contributed by atoms with van der Waals surface area (Å²) in [5.41, 5.74) is -2.47. The maximum Gasteiger partial charge on any atom is 0.459 e. The molecule has 1 aromatic carbocycles. The van der Waals surface area contributed by atoms with E-state index in [9.17, 15) is 23.7 Å². The molecule has 3 heterocycles. The van der Waals surface area contributed by atoms with Gasteiger partial charge in [0.1, 0.15) is 24.5 Å². The molecule has 1 aromatic rings. The highest BCUT2D eigenvalue weighted by Gasteiger charge is 2.60. The number of nitrogens with zero attached hydrogens (tertiary/aromatic N) is 1. The van der Waals surface area contributed by atoms with Crippen LogP contribution in [0.3, 0.4) is 0 Å². The molecule has 0 unspecified atom stereocenters. The number of para-hydroxylation sites is 1. The lowest BCUT2D eigenvalue weighted by Gasteiger charge is -2.33. The lowest BCUT2D eigenvalue weighted by molar-refractivity contribution is -0.160. The first-order valence-corrected chi connectivity index (χ1v) is 13.0. The Kier molecular flexibility index (Phi) is 7.79. The number of fused-ring (bicyclic) bond motifs is 1. The third-order valence-electron chi connectivity index (χ3n) is 5.86. The maximum absolute atomic E-state index is 16.1. The number of ketones is 1. The van der Waals surface area contributed by atoms with Gasteiger partial charge in [0.05, 0.1) is 19.4 Å². The number of alkyl halides is 1. The van der Waals surface area contributed by atoms with Crippen molar-refractivity contribution in [1.29, 1.82) is 0 Å². The van der Waals surface area contributed by atoms with E-state index in [2.05, 4.69) is 5.09 Å². The zero-order valence-electron chi connectivity index (χ0n) is 20.0. The summed E-state index contributed by atoms with van der Waals surface area (Å²) in [5.74, 6) is -2.73. The topological polar surface area (TPSA) is 147 Å². The smallest absolute Gasteiger partial charge is 0.459 e. The maximum atomic E-state index is 16.1. The van der Waals surface area contributed by atoms with Crippen molar-refractivity contribution in [2.24, 2.45) is 0 Å². The lowest BCUT2D eigenvalue weighted by atomic mass is 9.97. The second-order valence-electron chi connectivity index (χ2n) is 8.81. The van der Waals surface area contributed by atoms with E-state index < -0.39 is 81.0 Å². The Labute approximate surface area is 211 Å². The zero-order chi connectivity index (χ0) is 26.8. The fraction of sp³-hybridized carbons (Fsp3) is 0.478. The average molecular weight is 540 g/mol. The van der Waals surface area contributed by atoms with Crippen molar-refractivity contribution in [1.82, 2.24) is 9.99 Å². The Bertz CT molecular complexity index is 1140. The van der Waals surface area contributed by atoms with Gasteiger partial charge in [-0.25, -0.2) is 8.96 Å². The number of halogens is 1. The van der Waals surface area contributed by atoms with Crippen LogP contribution in [-0.4, -0.2) is 71.9 Å². The number of carbonyl (C=O) groups excluding carboxylic acids is 4. The van der Waals surface area contributed by atoms with Crippen LogP contribution in [0.25, 0.3) is 0 Å². The van der Waals surface area contributed by atoms with Crippen molar-refractivity contribution in [3.8, 4) is 5.75 Å². The molecule has 3 aliphatic heterocycles. The largest absolute Gasteiger partial charge is 0.464 e. The Morgan fingerprint density at radius 3 is 2.62 bits per heavy atom. The third kappa shape index (κ3) is 6.07. The third-order valence-corrected chi connectivity index (χ3v) is 7.50. The number of benzene rings is 1. The molecule has 0 bridgehead atoms. The lowest BCUT2D eigenvalue weighted by Crippen LogP contribution is -2.52. The van der Waals surface area contributed by atoms with E-state index in [0.29, 0.717) is 0 Å². The number of allylic oxidation sites excluding steroid dienone is 1. The SMILES string of the molecule is C[C@@H]1N[P@](=O)(Oc2ccccc2)OC[C@H]2O[C@@H](N3C=CC(=O)CC3=O)[C@](C)(F)[C@@H]2OC(=O)CCOC1=O. The second kappa shape index (κ2) is 10.7. The molecular weight excluding hydrogens is 514 g/mol. The van der Waals surface area contributed by atoms with Crippen LogP contribution < -0.4 is 9.61 Å². The number of carbonyl (C=O) groups is 4. The van der Waals surface area contributed by atoms with E-state index in [4.69, 9.17) is 23.3 Å². The number of ether oxygens (including phenoxy) is 3. The summed E-state index contributed by atoms with van der Waals surface area (Å²) < 4.78 is 57.0. The summed E-state index contributed by atoms with van der Waals surface area (Å²) in [4.78, 5) is 49.7. The minimum atomic E-state index is -4.31. The van der Waals surface area contributed by atoms with Gasteiger partial charge in [0.25, 0.3) is 0 Å². The molecule has 12 nitrogen and oxygen atoms in total. The van der Waals surface area contributed by atoms with Crippen LogP contribution in [0.15, 0.2) is 42.6 Å². The molecule has 0 aromatic heterocycles. The summed E-state index contributed by atoms with van der Waals surface area (Å²) in [5, 5.41) is 2.48. The Morgan fingerprint density at radius 1 is 1.19 bits per heavy atom. The van der Waals surface area contributed by atoms with Gasteiger partial charge in [-0.1, -0.05) is 18.2 Å². The predicted molar refractivity (Wildman–Crippen MR) is 122 cm³/mol. The molecule has 4 rings (SSSR count). The van der Waals surface area contributed by atoms with Crippen LogP contribution in [0.2, 0.25) is 0 Å². The van der Waals surface area contributed by atoms with Crippen LogP contribution in [0.1, 0.15) is 26.7 Å². The number of cyclic esters (lactones) is 1. The van der Waals surface area contributed by atoms with Gasteiger partial charge in [0.2, 0.25) is 5.91 Å². The van der Waals surface area contributed by atoms with Crippen molar-refractivity contribution in [2.45, 2.75) is 56.8 Å². The second-order valence-corrected chi connectivity index (χ2v) is 10.5. The van der Waals surface area contributed by atoms with Gasteiger partial charge in [-0.05, 0) is 32.1 Å². The molecule has 6 atom stereocenters. The van der Waals surface area contributed by atoms with Crippen molar-refractivity contribution in [2.75, 3.05) is 13.2 Å². The molecule has 0 spiro atoms. The molecule has 1 amide bonds. The molecule has 0 saturated carbocycles. The minimum Gasteiger partial charge on any atom is -0.464 e. The van der Waals surface area contributed by atoms with E-state index in [1.807, 2.05) is 0 Å². The number of hydrogen-bond donors (Lipinski definition) is 1. The van der Waals surface area contributed by atoms with Gasteiger partial charge >= 0.3 is 19.7 Å². The number of amides is 1. The molecule has 0 radical (unpaired) electrons. The predicted octanol–water partition coefficient (Wildman–Crippen LogP) is 1.80. The number of rotatable bonds is 3. The van der Waals surface area contributed by atoms with Crippen molar-refractivity contribution in [3.05, 3.63) is 42.6 Å². The van der Waals surface area contributed by atoms with Gasteiger partial charge in [0.15, 0.2) is 23.8 Å². The number of hydrogen-bond acceptors (Lipinski definition) is 10. The van der Waals surface area contributed by atoms with E-state index in [1.165, 1.54) is 19.1 Å². The van der Waals surface area contributed by atoms with Crippen LogP contribution in [0, 0.1) is 0 Å². The van der Waals surface area contributed by atoms with Crippen LogP contribution in [0.4, 0.5) is 4.39 Å². The number of nitrogens with one attached hydrogen (secondary N) is 1. The summed E-state index contributed by atoms with van der Waals surface area (Å²) in [6.45, 7) is 1.45. The quantitative estimate of drug-likeness (QED) is 0.340. The van der Waals surface area contributed by atoms with Crippen LogP contribution in [-0.2, 0) is 42.5 Å². The molecule has 0 aliphatic carbocycles. The first-order valence-electron chi connectivity index (χ1n) is 11.5. The van der Waals surface area contributed by atoms with E-state index in [-0.39, 0.29) is 12.4 Å². The van der Waals surface area contributed by atoms with Gasteiger partial charge in [-0.2, -0.15) is 5.09 Å². The van der Waals surface area contributed by atoms with E-state index >= 15 is 4.39 Å². The highest BCUT2D eigenvalue weighted by atomic mass is 31.2. The molecule has 14 heteroatoms. The normalized spacial score (nSPS) is 35.5. The first kappa shape index (κ1) is 26.9. The standard InChI is InChI=1S/C23H26FN2O10P/c1-14-21(30)32-11-9-19(29)35-20-17(13-33-37(31,25-14)36-16-6-4-3-5-7-16)34-22(23(20,2)24)26-10-8-15(27)12-18(26)28/h3-8,10,14,17,20,22H,9,11-13H2,1-2H3,(H,25,31)/t14-,17+,20+,22+,23+,37+/m0/s1. The van der Waals surface area contributed by atoms with Crippen molar-refractivity contribution in [3.63, 3.8) is 0 Å². The minimum absolute atomic E-state index is 0.153. The zero-order valence-corrected chi connectivity index (χ0v) is 20.9. The molecule has 3 aliphatic rings. The molecule has 200 valence electrons. The fourth-order valence-corrected chi connectivity index (χ4v) is 5.52. The summed E-state index contributed by atoms with van der Waals surface area (Å²) >= 11 is 0. The molecule has 2 fully saturated rings. The fourth-order valence-electron chi connectivity index (χ4n) is 4.02. The Morgan fingerprint density at radius 2 is 1.92 bits per heavy atom. The van der Waals surface area contributed by atoms with Crippen molar-refractivity contribution >= 4 is 31.4 Å². The molecular formula is C23H26FN2O10P. The summed E-state index contributed by atoms with van der Waals surface area (Å²) in [6, 6.07) is 6.81. The molecule has 37 heavy (non-hydrogen) atoms. The Hall–Kier alpha value is -3.12. The first-order chi connectivity index (χ1) is 17.5. The Balaban J connectivity index is 1.64. The monoisotopic (exact) mass is 540 g/mol. The van der Waals surface area contributed by atoms with Crippen LogP contribution in [0.5, 0.6) is 5.75 Å². The summed E-state index contributed by atoms with van der Waals surface area (Å²) in [6.07, 6.45) is -3.19. The highest BCUT2D eigenvalue weighted by molar-refractivity contribution is 7.52. The molecule has 1 N–H and O–H groups in total. The van der Waals surface area contributed by atoms with E-state index in [1.54, 1.807) is 18.2 Å². The number of esters is 2. The highest BCUT2D eigenvalue weighted by Crippen LogP contribution is 2.47. The van der Waals surface area contributed by atoms with Crippen LogP contribution >= 0.6 is 7.75 Å².